The number of halogens is 1. The van der Waals surface area contributed by atoms with Crippen molar-refractivity contribution in [3.8, 4) is 22.8 Å². The minimum Gasteiger partial charge on any atom is -0.497 e. The highest BCUT2D eigenvalue weighted by atomic mass is 79.9. The SMILES string of the molecule is COc1cc(Br)c(-c2cc(C(=O)O)on2)c(OC)c1. The molecule has 2 aromatic rings. The molecule has 0 saturated carbocycles. The highest BCUT2D eigenvalue weighted by molar-refractivity contribution is 9.10. The summed E-state index contributed by atoms with van der Waals surface area (Å²) in [4.78, 5) is 10.8. The van der Waals surface area contributed by atoms with Gasteiger partial charge in [-0.2, -0.15) is 0 Å². The predicted octanol–water partition coefficient (Wildman–Crippen LogP) is 2.82. The van der Waals surface area contributed by atoms with Crippen LogP contribution in [-0.2, 0) is 0 Å². The molecular weight excluding hydrogens is 318 g/mol. The molecule has 1 heterocycles. The molecule has 0 radical (unpaired) electrons. The lowest BCUT2D eigenvalue weighted by Crippen LogP contribution is -1.93. The molecule has 0 aliphatic carbocycles. The Labute approximate surface area is 117 Å². The van der Waals surface area contributed by atoms with Gasteiger partial charge < -0.3 is 19.1 Å². The van der Waals surface area contributed by atoms with Crippen LogP contribution in [0, 0.1) is 0 Å². The number of hydrogen-bond donors (Lipinski definition) is 1. The van der Waals surface area contributed by atoms with Gasteiger partial charge in [0.25, 0.3) is 0 Å². The Bertz CT molecular complexity index is 623. The zero-order valence-electron chi connectivity index (χ0n) is 10.1. The standard InChI is InChI=1S/C12H10BrNO5/c1-17-6-3-7(13)11(9(4-6)18-2)8-5-10(12(15)16)19-14-8/h3-5H,1-2H3,(H,15,16). The lowest BCUT2D eigenvalue weighted by atomic mass is 10.1. The van der Waals surface area contributed by atoms with Gasteiger partial charge in [0, 0.05) is 16.6 Å². The number of rotatable bonds is 4. The van der Waals surface area contributed by atoms with Crippen molar-refractivity contribution in [2.24, 2.45) is 0 Å². The number of aromatic carboxylic acids is 1. The first kappa shape index (κ1) is 13.4. The number of carbonyl (C=O) groups is 1. The quantitative estimate of drug-likeness (QED) is 0.929. The van der Waals surface area contributed by atoms with Gasteiger partial charge >= 0.3 is 5.97 Å². The fraction of sp³-hybridized carbons (Fsp3) is 0.167. The minimum atomic E-state index is -1.18. The maximum absolute atomic E-state index is 10.8. The van der Waals surface area contributed by atoms with E-state index in [1.807, 2.05) is 0 Å². The Hall–Kier alpha value is -2.02. The van der Waals surface area contributed by atoms with Crippen LogP contribution in [0.1, 0.15) is 10.6 Å². The zero-order valence-corrected chi connectivity index (χ0v) is 11.7. The molecule has 1 aromatic carbocycles. The fourth-order valence-electron chi connectivity index (χ4n) is 1.58. The summed E-state index contributed by atoms with van der Waals surface area (Å²) >= 11 is 3.37. The van der Waals surface area contributed by atoms with Crippen LogP contribution in [0.25, 0.3) is 11.3 Å². The lowest BCUT2D eigenvalue weighted by Gasteiger charge is -2.10. The molecule has 2 rings (SSSR count). The summed E-state index contributed by atoms with van der Waals surface area (Å²) in [5, 5.41) is 12.6. The number of hydrogen-bond acceptors (Lipinski definition) is 5. The van der Waals surface area contributed by atoms with E-state index in [-0.39, 0.29) is 5.76 Å². The monoisotopic (exact) mass is 327 g/mol. The summed E-state index contributed by atoms with van der Waals surface area (Å²) in [5.74, 6) is -0.312. The van der Waals surface area contributed by atoms with E-state index < -0.39 is 5.97 Å². The van der Waals surface area contributed by atoms with Gasteiger partial charge in [-0.1, -0.05) is 5.16 Å². The van der Waals surface area contributed by atoms with Crippen LogP contribution in [0.2, 0.25) is 0 Å². The second-order valence-corrected chi connectivity index (χ2v) is 4.42. The maximum atomic E-state index is 10.8. The Morgan fingerprint density at radius 1 is 1.32 bits per heavy atom. The average molecular weight is 328 g/mol. The molecule has 0 atom stereocenters. The fourth-order valence-corrected chi connectivity index (χ4v) is 2.20. The Morgan fingerprint density at radius 2 is 2.05 bits per heavy atom. The van der Waals surface area contributed by atoms with Crippen LogP contribution in [-0.4, -0.2) is 30.5 Å². The highest BCUT2D eigenvalue weighted by Crippen LogP contribution is 2.39. The van der Waals surface area contributed by atoms with Crippen LogP contribution in [0.15, 0.2) is 27.2 Å². The molecule has 0 spiro atoms. The smallest absolute Gasteiger partial charge is 0.374 e. The summed E-state index contributed by atoms with van der Waals surface area (Å²) in [6.45, 7) is 0. The van der Waals surface area contributed by atoms with Crippen molar-refractivity contribution in [3.05, 3.63) is 28.4 Å². The van der Waals surface area contributed by atoms with Gasteiger partial charge in [-0.15, -0.1) is 0 Å². The molecule has 0 aliphatic rings. The summed E-state index contributed by atoms with van der Waals surface area (Å²) in [6, 6.07) is 4.74. The molecule has 0 amide bonds. The minimum absolute atomic E-state index is 0.236. The Kier molecular flexibility index (Phi) is 3.75. The normalized spacial score (nSPS) is 10.3. The maximum Gasteiger partial charge on any atom is 0.374 e. The van der Waals surface area contributed by atoms with Gasteiger partial charge in [-0.05, 0) is 22.0 Å². The van der Waals surface area contributed by atoms with E-state index in [1.165, 1.54) is 13.2 Å². The number of methoxy groups -OCH3 is 2. The van der Waals surface area contributed by atoms with Crippen LogP contribution >= 0.6 is 15.9 Å². The largest absolute Gasteiger partial charge is 0.497 e. The van der Waals surface area contributed by atoms with Crippen molar-refractivity contribution in [3.63, 3.8) is 0 Å². The van der Waals surface area contributed by atoms with Gasteiger partial charge in [-0.25, -0.2) is 4.79 Å². The summed E-state index contributed by atoms with van der Waals surface area (Å²) in [6.07, 6.45) is 0. The Morgan fingerprint density at radius 3 is 2.58 bits per heavy atom. The van der Waals surface area contributed by atoms with Gasteiger partial charge in [0.05, 0.1) is 19.8 Å². The first-order chi connectivity index (χ1) is 9.06. The van der Waals surface area contributed by atoms with Crippen molar-refractivity contribution in [2.45, 2.75) is 0 Å². The topological polar surface area (TPSA) is 81.8 Å². The van der Waals surface area contributed by atoms with Gasteiger partial charge in [0.15, 0.2) is 0 Å². The molecule has 1 aromatic heterocycles. The molecule has 0 fully saturated rings. The van der Waals surface area contributed by atoms with Gasteiger partial charge in [0.1, 0.15) is 17.2 Å². The van der Waals surface area contributed by atoms with Gasteiger partial charge in [0.2, 0.25) is 5.76 Å². The van der Waals surface area contributed by atoms with E-state index in [0.717, 1.165) is 0 Å². The molecule has 0 unspecified atom stereocenters. The summed E-state index contributed by atoms with van der Waals surface area (Å²) in [7, 11) is 3.04. The molecule has 0 saturated heterocycles. The number of nitrogens with zero attached hydrogens (tertiary/aromatic N) is 1. The molecule has 6 nitrogen and oxygen atoms in total. The highest BCUT2D eigenvalue weighted by Gasteiger charge is 2.19. The predicted molar refractivity (Wildman–Crippen MR) is 69.7 cm³/mol. The molecular formula is C12H10BrNO5. The number of aromatic nitrogens is 1. The molecule has 100 valence electrons. The van der Waals surface area contributed by atoms with Crippen molar-refractivity contribution in [2.75, 3.05) is 14.2 Å². The molecule has 19 heavy (non-hydrogen) atoms. The average Bonchev–Trinajstić information content (AvgIpc) is 2.86. The van der Waals surface area contributed by atoms with Gasteiger partial charge in [-0.3, -0.25) is 0 Å². The zero-order chi connectivity index (χ0) is 14.0. The third-order valence-electron chi connectivity index (χ3n) is 2.46. The van der Waals surface area contributed by atoms with E-state index in [2.05, 4.69) is 21.1 Å². The van der Waals surface area contributed by atoms with E-state index in [4.69, 9.17) is 19.1 Å². The Balaban J connectivity index is 2.56. The van der Waals surface area contributed by atoms with Crippen LogP contribution in [0.4, 0.5) is 0 Å². The van der Waals surface area contributed by atoms with Crippen molar-refractivity contribution in [1.29, 1.82) is 0 Å². The van der Waals surface area contributed by atoms with E-state index >= 15 is 0 Å². The third kappa shape index (κ3) is 2.55. The molecule has 1 N–H and O–H groups in total. The number of ether oxygens (including phenoxy) is 2. The van der Waals surface area contributed by atoms with E-state index in [9.17, 15) is 4.79 Å². The van der Waals surface area contributed by atoms with Crippen LogP contribution in [0.3, 0.4) is 0 Å². The number of carboxylic acids is 1. The van der Waals surface area contributed by atoms with E-state index in [1.54, 1.807) is 19.2 Å². The molecule has 7 heteroatoms. The second kappa shape index (κ2) is 5.31. The molecule has 0 bridgehead atoms. The van der Waals surface area contributed by atoms with Crippen molar-refractivity contribution >= 4 is 21.9 Å². The second-order valence-electron chi connectivity index (χ2n) is 3.57. The van der Waals surface area contributed by atoms with Crippen molar-refractivity contribution in [1.82, 2.24) is 5.16 Å². The van der Waals surface area contributed by atoms with Crippen LogP contribution in [0.5, 0.6) is 11.5 Å². The first-order valence-corrected chi connectivity index (χ1v) is 5.98. The van der Waals surface area contributed by atoms with Crippen LogP contribution < -0.4 is 9.47 Å². The van der Waals surface area contributed by atoms with E-state index in [0.29, 0.717) is 27.2 Å². The summed E-state index contributed by atoms with van der Waals surface area (Å²) < 4.78 is 15.8. The third-order valence-corrected chi connectivity index (χ3v) is 3.09. The number of benzene rings is 1. The van der Waals surface area contributed by atoms with Crippen molar-refractivity contribution < 1.29 is 23.9 Å². The lowest BCUT2D eigenvalue weighted by molar-refractivity contribution is 0.0652. The first-order valence-electron chi connectivity index (χ1n) is 5.18. The number of carboxylic acid groups (broad SMARTS) is 1. The summed E-state index contributed by atoms with van der Waals surface area (Å²) in [5.41, 5.74) is 0.961. The molecule has 0 aliphatic heterocycles.